The van der Waals surface area contributed by atoms with E-state index in [2.05, 4.69) is 43.0 Å². The monoisotopic (exact) mass is 371 g/mol. The lowest BCUT2D eigenvalue weighted by Gasteiger charge is -2.27. The van der Waals surface area contributed by atoms with Crippen molar-refractivity contribution in [2.75, 3.05) is 11.4 Å². The fraction of sp³-hybridized carbons (Fsp3) is 0.143. The van der Waals surface area contributed by atoms with Gasteiger partial charge in [0.2, 0.25) is 5.95 Å². The molecule has 0 saturated carbocycles. The lowest BCUT2D eigenvalue weighted by molar-refractivity contribution is 0.0697. The molecule has 5 rings (SSSR count). The average Bonchev–Trinajstić information content (AvgIpc) is 3.12. The zero-order valence-corrected chi connectivity index (χ0v) is 15.0. The van der Waals surface area contributed by atoms with Crippen molar-refractivity contribution in [1.29, 1.82) is 0 Å². The molecule has 0 aliphatic carbocycles. The number of hydrogen-bond donors (Lipinski definition) is 2. The molecule has 0 bridgehead atoms. The molecule has 0 spiro atoms. The van der Waals surface area contributed by atoms with Crippen LogP contribution in [0.15, 0.2) is 54.9 Å². The predicted molar refractivity (Wildman–Crippen MR) is 105 cm³/mol. The molecular formula is C21H17N5O2. The Balaban J connectivity index is 1.47. The molecule has 3 aromatic heterocycles. The van der Waals surface area contributed by atoms with Crippen molar-refractivity contribution in [2.24, 2.45) is 0 Å². The highest BCUT2D eigenvalue weighted by molar-refractivity contribution is 5.88. The summed E-state index contributed by atoms with van der Waals surface area (Å²) in [5, 5.41) is 10.5. The van der Waals surface area contributed by atoms with Gasteiger partial charge in [-0.3, -0.25) is 4.98 Å². The highest BCUT2D eigenvalue weighted by Crippen LogP contribution is 2.29. The number of para-hydroxylation sites is 1. The molecule has 0 unspecified atom stereocenters. The van der Waals surface area contributed by atoms with E-state index >= 15 is 0 Å². The molecule has 0 radical (unpaired) electrons. The number of carboxylic acids is 1. The van der Waals surface area contributed by atoms with Gasteiger partial charge in [-0.15, -0.1) is 0 Å². The summed E-state index contributed by atoms with van der Waals surface area (Å²) in [7, 11) is 0. The summed E-state index contributed by atoms with van der Waals surface area (Å²) in [6.07, 6.45) is 4.09. The van der Waals surface area contributed by atoms with Crippen LogP contribution in [0.25, 0.3) is 22.3 Å². The number of H-pyrrole nitrogens is 1. The highest BCUT2D eigenvalue weighted by atomic mass is 16.4. The van der Waals surface area contributed by atoms with E-state index in [0.717, 1.165) is 18.5 Å². The van der Waals surface area contributed by atoms with Crippen LogP contribution in [-0.2, 0) is 13.0 Å². The second-order valence-electron chi connectivity index (χ2n) is 6.78. The minimum Gasteiger partial charge on any atom is -0.478 e. The molecule has 7 nitrogen and oxygen atoms in total. The molecule has 0 atom stereocenters. The molecule has 1 aliphatic rings. The molecule has 1 aliphatic heterocycles. The number of carbonyl (C=O) groups is 1. The van der Waals surface area contributed by atoms with Gasteiger partial charge in [-0.2, -0.15) is 0 Å². The summed E-state index contributed by atoms with van der Waals surface area (Å²) in [5.41, 5.74) is 5.01. The lowest BCUT2D eigenvalue weighted by atomic mass is 10.0. The normalized spacial score (nSPS) is 13.5. The van der Waals surface area contributed by atoms with E-state index in [0.29, 0.717) is 23.9 Å². The number of aromatic amines is 1. The first-order chi connectivity index (χ1) is 13.7. The number of nitrogens with one attached hydrogen (secondary N) is 1. The molecular weight excluding hydrogens is 354 g/mol. The number of fused-ring (bicyclic) bond motifs is 3. The number of aromatic carboxylic acids is 1. The molecule has 0 saturated heterocycles. The van der Waals surface area contributed by atoms with Crippen LogP contribution < -0.4 is 4.90 Å². The molecule has 138 valence electrons. The number of nitrogens with zero attached hydrogens (tertiary/aromatic N) is 4. The minimum atomic E-state index is -0.986. The van der Waals surface area contributed by atoms with Crippen LogP contribution in [-0.4, -0.2) is 37.6 Å². The van der Waals surface area contributed by atoms with Crippen molar-refractivity contribution < 1.29 is 9.90 Å². The quantitative estimate of drug-likeness (QED) is 0.574. The van der Waals surface area contributed by atoms with Crippen molar-refractivity contribution >= 4 is 22.8 Å². The molecule has 0 amide bonds. The Morgan fingerprint density at radius 1 is 1.07 bits per heavy atom. The summed E-state index contributed by atoms with van der Waals surface area (Å²) in [5.74, 6) is -0.371. The van der Waals surface area contributed by atoms with Gasteiger partial charge in [0.15, 0.2) is 0 Å². The SMILES string of the molecule is O=C(O)c1ccnc(-c2ccnc(N3CCc4c([nH]c5ccccc45)C3)n2)c1. The first-order valence-corrected chi connectivity index (χ1v) is 9.05. The zero-order chi connectivity index (χ0) is 19.1. The fourth-order valence-electron chi connectivity index (χ4n) is 3.71. The Hall–Kier alpha value is -3.74. The fourth-order valence-corrected chi connectivity index (χ4v) is 3.71. The largest absolute Gasteiger partial charge is 0.478 e. The Morgan fingerprint density at radius 3 is 2.82 bits per heavy atom. The molecule has 4 aromatic rings. The molecule has 0 fully saturated rings. The maximum atomic E-state index is 11.2. The van der Waals surface area contributed by atoms with Crippen LogP contribution in [0, 0.1) is 0 Å². The molecule has 1 aromatic carbocycles. The number of anilines is 1. The maximum absolute atomic E-state index is 11.2. The number of benzene rings is 1. The molecule has 2 N–H and O–H groups in total. The summed E-state index contributed by atoms with van der Waals surface area (Å²) in [6.45, 7) is 1.52. The van der Waals surface area contributed by atoms with E-state index in [1.54, 1.807) is 12.3 Å². The van der Waals surface area contributed by atoms with Gasteiger partial charge in [-0.05, 0) is 36.2 Å². The smallest absolute Gasteiger partial charge is 0.335 e. The Bertz CT molecular complexity index is 1200. The van der Waals surface area contributed by atoms with Crippen LogP contribution in [0.2, 0.25) is 0 Å². The van der Waals surface area contributed by atoms with E-state index < -0.39 is 5.97 Å². The van der Waals surface area contributed by atoms with Crippen molar-refractivity contribution in [3.05, 3.63) is 71.7 Å². The first-order valence-electron chi connectivity index (χ1n) is 9.05. The number of hydrogen-bond acceptors (Lipinski definition) is 5. The summed E-state index contributed by atoms with van der Waals surface area (Å²) in [4.78, 5) is 30.2. The van der Waals surface area contributed by atoms with Crippen molar-refractivity contribution in [3.8, 4) is 11.4 Å². The first kappa shape index (κ1) is 16.4. The van der Waals surface area contributed by atoms with Crippen LogP contribution >= 0.6 is 0 Å². The van der Waals surface area contributed by atoms with Crippen LogP contribution in [0.5, 0.6) is 0 Å². The van der Waals surface area contributed by atoms with Gasteiger partial charge < -0.3 is 15.0 Å². The van der Waals surface area contributed by atoms with E-state index in [1.807, 2.05) is 6.07 Å². The second kappa shape index (κ2) is 6.45. The summed E-state index contributed by atoms with van der Waals surface area (Å²) >= 11 is 0. The van der Waals surface area contributed by atoms with Crippen molar-refractivity contribution in [2.45, 2.75) is 13.0 Å². The van der Waals surface area contributed by atoms with Gasteiger partial charge in [0.05, 0.1) is 23.5 Å². The second-order valence-corrected chi connectivity index (χ2v) is 6.78. The third kappa shape index (κ3) is 2.77. The minimum absolute atomic E-state index is 0.186. The number of aromatic nitrogens is 4. The number of carboxylic acid groups (broad SMARTS) is 1. The zero-order valence-electron chi connectivity index (χ0n) is 15.0. The van der Waals surface area contributed by atoms with Gasteiger partial charge in [0, 0.05) is 35.5 Å². The molecule has 7 heteroatoms. The van der Waals surface area contributed by atoms with E-state index in [1.165, 1.54) is 35.0 Å². The van der Waals surface area contributed by atoms with E-state index in [-0.39, 0.29) is 5.56 Å². The third-order valence-electron chi connectivity index (χ3n) is 5.08. The molecule has 28 heavy (non-hydrogen) atoms. The lowest BCUT2D eigenvalue weighted by Crippen LogP contribution is -2.31. The van der Waals surface area contributed by atoms with E-state index in [4.69, 9.17) is 0 Å². The van der Waals surface area contributed by atoms with E-state index in [9.17, 15) is 9.90 Å². The molecule has 4 heterocycles. The number of rotatable bonds is 3. The number of pyridine rings is 1. The predicted octanol–water partition coefficient (Wildman–Crippen LogP) is 3.28. The maximum Gasteiger partial charge on any atom is 0.335 e. The van der Waals surface area contributed by atoms with Gasteiger partial charge in [-0.1, -0.05) is 18.2 Å². The average molecular weight is 371 g/mol. The van der Waals surface area contributed by atoms with Crippen molar-refractivity contribution in [3.63, 3.8) is 0 Å². The van der Waals surface area contributed by atoms with Gasteiger partial charge in [-0.25, -0.2) is 14.8 Å². The van der Waals surface area contributed by atoms with Crippen LogP contribution in [0.1, 0.15) is 21.6 Å². The van der Waals surface area contributed by atoms with Crippen molar-refractivity contribution in [1.82, 2.24) is 19.9 Å². The van der Waals surface area contributed by atoms with Crippen LogP contribution in [0.3, 0.4) is 0 Å². The topological polar surface area (TPSA) is 95.0 Å². The van der Waals surface area contributed by atoms with Gasteiger partial charge in [0.1, 0.15) is 0 Å². The van der Waals surface area contributed by atoms with Crippen LogP contribution in [0.4, 0.5) is 5.95 Å². The van der Waals surface area contributed by atoms with Gasteiger partial charge in [0.25, 0.3) is 0 Å². The standard InChI is InChI=1S/C21H17N5O2/c27-20(28)13-5-8-22-18(11-13)17-6-9-23-21(25-17)26-10-7-15-14-3-1-2-4-16(14)24-19(15)12-26/h1-6,8-9,11,24H,7,10,12H2,(H,27,28). The highest BCUT2D eigenvalue weighted by Gasteiger charge is 2.22. The Labute approximate surface area is 160 Å². The Kier molecular flexibility index (Phi) is 3.79. The summed E-state index contributed by atoms with van der Waals surface area (Å²) < 4.78 is 0. The Morgan fingerprint density at radius 2 is 1.93 bits per heavy atom. The summed E-state index contributed by atoms with van der Waals surface area (Å²) in [6, 6.07) is 13.1. The van der Waals surface area contributed by atoms with Gasteiger partial charge >= 0.3 is 5.97 Å². The third-order valence-corrected chi connectivity index (χ3v) is 5.08.